The SMILES string of the molecule is O=C(NN=Cc1ccc(-c2cccc([N+](=O)[O-])c2)o1)C(O)(c1ccccc1)c1ccccc1. The molecule has 0 unspecified atom stereocenters. The number of carbonyl (C=O) groups is 1. The molecule has 0 aliphatic carbocycles. The normalized spacial score (nSPS) is 11.4. The number of furan rings is 1. The van der Waals surface area contributed by atoms with Crippen LogP contribution < -0.4 is 5.43 Å². The third kappa shape index (κ3) is 4.56. The lowest BCUT2D eigenvalue weighted by molar-refractivity contribution is -0.384. The highest BCUT2D eigenvalue weighted by atomic mass is 16.6. The molecule has 8 nitrogen and oxygen atoms in total. The number of hydrogen-bond acceptors (Lipinski definition) is 6. The van der Waals surface area contributed by atoms with E-state index >= 15 is 0 Å². The van der Waals surface area contributed by atoms with Gasteiger partial charge >= 0.3 is 0 Å². The lowest BCUT2D eigenvalue weighted by Gasteiger charge is -2.26. The molecule has 0 atom stereocenters. The van der Waals surface area contributed by atoms with Gasteiger partial charge in [0.25, 0.3) is 11.6 Å². The minimum atomic E-state index is -1.95. The van der Waals surface area contributed by atoms with Crippen molar-refractivity contribution in [1.29, 1.82) is 0 Å². The van der Waals surface area contributed by atoms with Crippen LogP contribution in [0, 0.1) is 10.1 Å². The highest BCUT2D eigenvalue weighted by molar-refractivity contribution is 5.91. The van der Waals surface area contributed by atoms with Crippen LogP contribution in [-0.2, 0) is 10.4 Å². The first-order valence-corrected chi connectivity index (χ1v) is 10.00. The number of non-ortho nitro benzene ring substituents is 1. The Labute approximate surface area is 189 Å². The summed E-state index contributed by atoms with van der Waals surface area (Å²) in [7, 11) is 0. The maximum atomic E-state index is 13.0. The van der Waals surface area contributed by atoms with Gasteiger partial charge in [0.1, 0.15) is 11.5 Å². The molecule has 164 valence electrons. The van der Waals surface area contributed by atoms with Gasteiger partial charge < -0.3 is 9.52 Å². The standard InChI is InChI=1S/C25H19N3O5/c29-24(25(30,19-9-3-1-4-10-19)20-11-5-2-6-12-20)27-26-17-22-14-15-23(33-22)18-8-7-13-21(16-18)28(31)32/h1-17,30H,(H,27,29). The predicted octanol–water partition coefficient (Wildman–Crippen LogP) is 4.24. The van der Waals surface area contributed by atoms with Crippen molar-refractivity contribution in [2.24, 2.45) is 5.10 Å². The van der Waals surface area contributed by atoms with Gasteiger partial charge in [0.05, 0.1) is 11.1 Å². The summed E-state index contributed by atoms with van der Waals surface area (Å²) in [6.45, 7) is 0. The molecule has 0 saturated heterocycles. The number of amides is 1. The molecule has 0 aliphatic heterocycles. The van der Waals surface area contributed by atoms with Crippen LogP contribution in [0.3, 0.4) is 0 Å². The van der Waals surface area contributed by atoms with Crippen molar-refractivity contribution in [3.05, 3.63) is 124 Å². The third-order valence-corrected chi connectivity index (χ3v) is 5.04. The smallest absolute Gasteiger partial charge is 0.281 e. The Bertz CT molecular complexity index is 1260. The molecule has 0 bridgehead atoms. The number of rotatable bonds is 7. The molecule has 3 aromatic carbocycles. The predicted molar refractivity (Wildman–Crippen MR) is 122 cm³/mol. The fraction of sp³-hybridized carbons (Fsp3) is 0.0400. The molecule has 33 heavy (non-hydrogen) atoms. The first kappa shape index (κ1) is 21.7. The fourth-order valence-electron chi connectivity index (χ4n) is 3.37. The Hall–Kier alpha value is -4.56. The van der Waals surface area contributed by atoms with Crippen LogP contribution in [0.4, 0.5) is 5.69 Å². The number of benzene rings is 3. The molecule has 1 amide bonds. The number of hydrogen-bond donors (Lipinski definition) is 2. The summed E-state index contributed by atoms with van der Waals surface area (Å²) in [6.07, 6.45) is 1.29. The van der Waals surface area contributed by atoms with E-state index in [4.69, 9.17) is 4.42 Å². The summed E-state index contributed by atoms with van der Waals surface area (Å²) in [5, 5.41) is 26.3. The van der Waals surface area contributed by atoms with Crippen molar-refractivity contribution in [2.75, 3.05) is 0 Å². The minimum absolute atomic E-state index is 0.0486. The third-order valence-electron chi connectivity index (χ3n) is 5.04. The van der Waals surface area contributed by atoms with Crippen molar-refractivity contribution in [2.45, 2.75) is 5.60 Å². The lowest BCUT2D eigenvalue weighted by Crippen LogP contribution is -2.43. The summed E-state index contributed by atoms with van der Waals surface area (Å²) in [5.41, 5.74) is 1.71. The summed E-state index contributed by atoms with van der Waals surface area (Å²) in [6, 6.07) is 26.5. The second kappa shape index (κ2) is 9.29. The van der Waals surface area contributed by atoms with E-state index in [0.717, 1.165) is 0 Å². The van der Waals surface area contributed by atoms with E-state index < -0.39 is 16.4 Å². The molecule has 4 rings (SSSR count). The molecular formula is C25H19N3O5. The number of carbonyl (C=O) groups excluding carboxylic acids is 1. The molecular weight excluding hydrogens is 422 g/mol. The van der Waals surface area contributed by atoms with Crippen molar-refractivity contribution in [3.8, 4) is 11.3 Å². The van der Waals surface area contributed by atoms with E-state index in [-0.39, 0.29) is 5.69 Å². The molecule has 0 saturated carbocycles. The molecule has 0 fully saturated rings. The molecule has 1 heterocycles. The van der Waals surface area contributed by atoms with Crippen molar-refractivity contribution < 1.29 is 19.2 Å². The number of nitro groups is 1. The van der Waals surface area contributed by atoms with E-state index in [2.05, 4.69) is 10.5 Å². The Morgan fingerprint density at radius 1 is 0.939 bits per heavy atom. The van der Waals surface area contributed by atoms with Crippen LogP contribution in [0.15, 0.2) is 107 Å². The summed E-state index contributed by atoms with van der Waals surface area (Å²) < 4.78 is 5.66. The topological polar surface area (TPSA) is 118 Å². The maximum absolute atomic E-state index is 13.0. The fourth-order valence-corrected chi connectivity index (χ4v) is 3.37. The highest BCUT2D eigenvalue weighted by Gasteiger charge is 2.39. The largest absolute Gasteiger partial charge is 0.455 e. The molecule has 0 radical (unpaired) electrons. The lowest BCUT2D eigenvalue weighted by atomic mass is 9.85. The first-order chi connectivity index (χ1) is 16.0. The Morgan fingerprint density at radius 3 is 2.18 bits per heavy atom. The molecule has 2 N–H and O–H groups in total. The minimum Gasteiger partial charge on any atom is -0.455 e. The number of hydrazone groups is 1. The van der Waals surface area contributed by atoms with Gasteiger partial charge in [-0.2, -0.15) is 5.10 Å². The highest BCUT2D eigenvalue weighted by Crippen LogP contribution is 2.30. The van der Waals surface area contributed by atoms with Crippen LogP contribution in [0.2, 0.25) is 0 Å². The quantitative estimate of drug-likeness (QED) is 0.253. The van der Waals surface area contributed by atoms with Crippen LogP contribution in [-0.4, -0.2) is 22.2 Å². The van der Waals surface area contributed by atoms with Gasteiger partial charge in [-0.1, -0.05) is 72.8 Å². The zero-order valence-corrected chi connectivity index (χ0v) is 17.3. The van der Waals surface area contributed by atoms with E-state index in [9.17, 15) is 20.0 Å². The maximum Gasteiger partial charge on any atom is 0.281 e. The van der Waals surface area contributed by atoms with Crippen molar-refractivity contribution in [3.63, 3.8) is 0 Å². The molecule has 4 aromatic rings. The van der Waals surface area contributed by atoms with Crippen molar-refractivity contribution in [1.82, 2.24) is 5.43 Å². The van der Waals surface area contributed by atoms with Gasteiger partial charge in [0.2, 0.25) is 0 Å². The second-order valence-electron chi connectivity index (χ2n) is 7.15. The number of aliphatic hydroxyl groups is 1. The van der Waals surface area contributed by atoms with E-state index in [0.29, 0.717) is 28.2 Å². The second-order valence-corrected chi connectivity index (χ2v) is 7.15. The zero-order chi connectivity index (χ0) is 23.3. The van der Waals surface area contributed by atoms with Gasteiger partial charge in [-0.15, -0.1) is 0 Å². The van der Waals surface area contributed by atoms with Gasteiger partial charge in [0.15, 0.2) is 5.60 Å². The van der Waals surface area contributed by atoms with Crippen LogP contribution in [0.25, 0.3) is 11.3 Å². The Kier molecular flexibility index (Phi) is 6.10. The van der Waals surface area contributed by atoms with Gasteiger partial charge in [0, 0.05) is 17.7 Å². The zero-order valence-electron chi connectivity index (χ0n) is 17.3. The molecule has 8 heteroatoms. The van der Waals surface area contributed by atoms with Crippen LogP contribution in [0.1, 0.15) is 16.9 Å². The van der Waals surface area contributed by atoms with Gasteiger partial charge in [-0.25, -0.2) is 5.43 Å². The number of nitro benzene ring substituents is 1. The van der Waals surface area contributed by atoms with E-state index in [1.807, 2.05) is 0 Å². The van der Waals surface area contributed by atoms with E-state index in [1.54, 1.807) is 84.9 Å². The monoisotopic (exact) mass is 441 g/mol. The van der Waals surface area contributed by atoms with Gasteiger partial charge in [-0.3, -0.25) is 14.9 Å². The number of nitrogens with zero attached hydrogens (tertiary/aromatic N) is 2. The molecule has 0 spiro atoms. The Balaban J connectivity index is 1.54. The van der Waals surface area contributed by atoms with Crippen molar-refractivity contribution >= 4 is 17.8 Å². The number of nitrogens with one attached hydrogen (secondary N) is 1. The summed E-state index contributed by atoms with van der Waals surface area (Å²) in [4.78, 5) is 23.5. The van der Waals surface area contributed by atoms with Gasteiger partial charge in [-0.05, 0) is 23.3 Å². The van der Waals surface area contributed by atoms with E-state index in [1.165, 1.54) is 18.3 Å². The summed E-state index contributed by atoms with van der Waals surface area (Å²) >= 11 is 0. The van der Waals surface area contributed by atoms with Crippen LogP contribution >= 0.6 is 0 Å². The molecule has 0 aliphatic rings. The first-order valence-electron chi connectivity index (χ1n) is 10.00. The Morgan fingerprint density at radius 2 is 1.58 bits per heavy atom. The van der Waals surface area contributed by atoms with Crippen LogP contribution in [0.5, 0.6) is 0 Å². The molecule has 1 aromatic heterocycles. The average molecular weight is 441 g/mol. The average Bonchev–Trinajstić information content (AvgIpc) is 3.33. The summed E-state index contributed by atoms with van der Waals surface area (Å²) in [5.74, 6) is -0.00191.